The molecule has 1 N–H and O–H groups in total. The van der Waals surface area contributed by atoms with E-state index in [-0.39, 0.29) is 18.0 Å². The van der Waals surface area contributed by atoms with Gasteiger partial charge in [0.05, 0.1) is 26.5 Å². The summed E-state index contributed by atoms with van der Waals surface area (Å²) >= 11 is 7.31. The van der Waals surface area contributed by atoms with Crippen molar-refractivity contribution in [2.75, 3.05) is 14.2 Å². The second kappa shape index (κ2) is 8.75. The number of carbonyl (C=O) groups excluding carboxylic acids is 1. The maximum Gasteiger partial charge on any atom is 0.275 e. The molecule has 0 aliphatic rings. The lowest BCUT2D eigenvalue weighted by atomic mass is 10.2. The molecule has 0 radical (unpaired) electrons. The summed E-state index contributed by atoms with van der Waals surface area (Å²) in [5, 5.41) is 8.29. The standard InChI is InChI=1S/C21H17ClN4O4S/c1-29-16-7-13(8-17(10-16)30-2)19(28)23-11-15-9-18(27)26-21(24-15)31-20(25-26)12-4-3-5-14(22)6-12/h3-10H,11H2,1-2H3,(H,23,28). The molecule has 0 saturated carbocycles. The molecule has 2 aromatic carbocycles. The Labute approximate surface area is 186 Å². The van der Waals surface area contributed by atoms with Gasteiger partial charge in [0.25, 0.3) is 11.5 Å². The fourth-order valence-electron chi connectivity index (χ4n) is 2.90. The van der Waals surface area contributed by atoms with E-state index in [1.165, 1.54) is 36.1 Å². The normalized spacial score (nSPS) is 10.8. The topological polar surface area (TPSA) is 94.8 Å². The number of rotatable bonds is 6. The Hall–Kier alpha value is -3.43. The van der Waals surface area contributed by atoms with Gasteiger partial charge >= 0.3 is 0 Å². The first-order chi connectivity index (χ1) is 15.0. The summed E-state index contributed by atoms with van der Waals surface area (Å²) in [6, 6.07) is 13.4. The van der Waals surface area contributed by atoms with Crippen LogP contribution in [0.15, 0.2) is 53.3 Å². The number of methoxy groups -OCH3 is 2. The number of carbonyl (C=O) groups is 1. The number of hydrogen-bond donors (Lipinski definition) is 1. The smallest absolute Gasteiger partial charge is 0.275 e. The van der Waals surface area contributed by atoms with Crippen LogP contribution in [0.25, 0.3) is 15.5 Å². The van der Waals surface area contributed by atoms with E-state index in [2.05, 4.69) is 15.4 Å². The summed E-state index contributed by atoms with van der Waals surface area (Å²) in [7, 11) is 3.02. The van der Waals surface area contributed by atoms with E-state index in [9.17, 15) is 9.59 Å². The number of hydrogen-bond acceptors (Lipinski definition) is 7. The molecular formula is C21H17ClN4O4S. The molecule has 0 bridgehead atoms. The predicted octanol–water partition coefficient (Wildman–Crippen LogP) is 3.42. The minimum absolute atomic E-state index is 0.0779. The molecule has 4 aromatic rings. The quantitative estimate of drug-likeness (QED) is 0.477. The van der Waals surface area contributed by atoms with E-state index >= 15 is 0 Å². The van der Waals surface area contributed by atoms with Gasteiger partial charge in [0.15, 0.2) is 0 Å². The van der Waals surface area contributed by atoms with Crippen molar-refractivity contribution in [3.8, 4) is 22.1 Å². The summed E-state index contributed by atoms with van der Waals surface area (Å²) < 4.78 is 11.6. The summed E-state index contributed by atoms with van der Waals surface area (Å²) in [5.41, 5.74) is 1.26. The van der Waals surface area contributed by atoms with E-state index in [1.54, 1.807) is 30.3 Å². The minimum atomic E-state index is -0.344. The minimum Gasteiger partial charge on any atom is -0.497 e. The highest BCUT2D eigenvalue weighted by Gasteiger charge is 2.13. The van der Waals surface area contributed by atoms with E-state index < -0.39 is 0 Å². The van der Waals surface area contributed by atoms with E-state index in [1.807, 2.05) is 12.1 Å². The van der Waals surface area contributed by atoms with Gasteiger partial charge in [-0.25, -0.2) is 4.98 Å². The van der Waals surface area contributed by atoms with Crippen LogP contribution in [0.3, 0.4) is 0 Å². The van der Waals surface area contributed by atoms with Gasteiger partial charge in [0.2, 0.25) is 4.96 Å². The van der Waals surface area contributed by atoms with Gasteiger partial charge in [-0.15, -0.1) is 0 Å². The van der Waals surface area contributed by atoms with Crippen LogP contribution < -0.4 is 20.3 Å². The summed E-state index contributed by atoms with van der Waals surface area (Å²) in [6.45, 7) is 0.0779. The van der Waals surface area contributed by atoms with Gasteiger partial charge in [0, 0.05) is 28.3 Å². The van der Waals surface area contributed by atoms with Crippen LogP contribution in [0.1, 0.15) is 16.1 Å². The molecule has 2 aromatic heterocycles. The average molecular weight is 457 g/mol. The van der Waals surface area contributed by atoms with E-state index in [0.717, 1.165) is 5.56 Å². The number of aromatic nitrogens is 3. The molecular weight excluding hydrogens is 440 g/mol. The largest absolute Gasteiger partial charge is 0.497 e. The predicted molar refractivity (Wildman–Crippen MR) is 118 cm³/mol. The first kappa shape index (κ1) is 20.8. The van der Waals surface area contributed by atoms with Gasteiger partial charge in [0.1, 0.15) is 16.5 Å². The highest BCUT2D eigenvalue weighted by atomic mass is 35.5. The molecule has 0 unspecified atom stereocenters. The monoisotopic (exact) mass is 456 g/mol. The molecule has 8 nitrogen and oxygen atoms in total. The van der Waals surface area contributed by atoms with E-state index in [0.29, 0.717) is 37.7 Å². The highest BCUT2D eigenvalue weighted by Crippen LogP contribution is 2.26. The fraction of sp³-hybridized carbons (Fsp3) is 0.143. The molecule has 0 atom stereocenters. The number of fused-ring (bicyclic) bond motifs is 1. The van der Waals surface area contributed by atoms with Crippen molar-refractivity contribution in [2.45, 2.75) is 6.54 Å². The van der Waals surface area contributed by atoms with Crippen molar-refractivity contribution in [1.29, 1.82) is 0 Å². The molecule has 31 heavy (non-hydrogen) atoms. The van der Waals surface area contributed by atoms with Gasteiger partial charge in [-0.2, -0.15) is 9.61 Å². The number of benzene rings is 2. The van der Waals surface area contributed by atoms with Crippen LogP contribution in [-0.2, 0) is 6.54 Å². The zero-order valence-electron chi connectivity index (χ0n) is 16.6. The Kier molecular flexibility index (Phi) is 5.88. The van der Waals surface area contributed by atoms with Gasteiger partial charge in [-0.1, -0.05) is 35.1 Å². The second-order valence-electron chi connectivity index (χ2n) is 6.48. The van der Waals surface area contributed by atoms with Crippen LogP contribution in [0.5, 0.6) is 11.5 Å². The van der Waals surface area contributed by atoms with E-state index in [4.69, 9.17) is 21.1 Å². The lowest BCUT2D eigenvalue weighted by Crippen LogP contribution is -2.25. The third kappa shape index (κ3) is 4.52. The van der Waals surface area contributed by atoms with Crippen molar-refractivity contribution in [1.82, 2.24) is 19.9 Å². The fourth-order valence-corrected chi connectivity index (χ4v) is 4.01. The number of halogens is 1. The van der Waals surface area contributed by atoms with Gasteiger partial charge in [-0.3, -0.25) is 9.59 Å². The number of amides is 1. The van der Waals surface area contributed by atoms with Crippen molar-refractivity contribution in [3.63, 3.8) is 0 Å². The molecule has 0 aliphatic heterocycles. The number of ether oxygens (including phenoxy) is 2. The van der Waals surface area contributed by atoms with Crippen LogP contribution >= 0.6 is 22.9 Å². The molecule has 2 heterocycles. The van der Waals surface area contributed by atoms with Crippen molar-refractivity contribution < 1.29 is 14.3 Å². The Balaban J connectivity index is 1.56. The lowest BCUT2D eigenvalue weighted by Gasteiger charge is -2.09. The second-order valence-corrected chi connectivity index (χ2v) is 7.87. The third-order valence-electron chi connectivity index (χ3n) is 4.41. The molecule has 0 spiro atoms. The van der Waals surface area contributed by atoms with Crippen LogP contribution in [-0.4, -0.2) is 34.7 Å². The Morgan fingerprint density at radius 2 is 1.87 bits per heavy atom. The number of nitrogens with one attached hydrogen (secondary N) is 1. The van der Waals surface area contributed by atoms with Crippen LogP contribution in [0.4, 0.5) is 0 Å². The summed E-state index contributed by atoms with van der Waals surface area (Å²) in [5.74, 6) is 0.657. The first-order valence-electron chi connectivity index (χ1n) is 9.14. The SMILES string of the molecule is COc1cc(OC)cc(C(=O)NCc2cc(=O)n3nc(-c4cccc(Cl)c4)sc3n2)c1. The average Bonchev–Trinajstić information content (AvgIpc) is 3.22. The zero-order chi connectivity index (χ0) is 22.0. The number of nitrogens with zero attached hydrogens (tertiary/aromatic N) is 3. The van der Waals surface area contributed by atoms with Crippen molar-refractivity contribution in [2.24, 2.45) is 0 Å². The Morgan fingerprint density at radius 3 is 2.55 bits per heavy atom. The van der Waals surface area contributed by atoms with Crippen LogP contribution in [0.2, 0.25) is 5.02 Å². The van der Waals surface area contributed by atoms with Crippen molar-refractivity contribution >= 4 is 33.8 Å². The molecule has 158 valence electrons. The summed E-state index contributed by atoms with van der Waals surface area (Å²) in [6.07, 6.45) is 0. The molecule has 0 fully saturated rings. The maximum atomic E-state index is 12.6. The first-order valence-corrected chi connectivity index (χ1v) is 10.3. The molecule has 10 heteroatoms. The Bertz CT molecular complexity index is 1310. The van der Waals surface area contributed by atoms with Crippen LogP contribution in [0, 0.1) is 0 Å². The summed E-state index contributed by atoms with van der Waals surface area (Å²) in [4.78, 5) is 29.9. The molecule has 0 aliphatic carbocycles. The Morgan fingerprint density at radius 1 is 1.13 bits per heavy atom. The zero-order valence-corrected chi connectivity index (χ0v) is 18.2. The maximum absolute atomic E-state index is 12.6. The molecule has 0 saturated heterocycles. The lowest BCUT2D eigenvalue weighted by molar-refractivity contribution is 0.0949. The third-order valence-corrected chi connectivity index (χ3v) is 5.61. The van der Waals surface area contributed by atoms with Crippen molar-refractivity contribution in [3.05, 3.63) is 75.2 Å². The van der Waals surface area contributed by atoms with Gasteiger partial charge < -0.3 is 14.8 Å². The molecule has 1 amide bonds. The van der Waals surface area contributed by atoms with Gasteiger partial charge in [-0.05, 0) is 24.3 Å². The highest BCUT2D eigenvalue weighted by molar-refractivity contribution is 7.19. The molecule has 4 rings (SSSR count).